The summed E-state index contributed by atoms with van der Waals surface area (Å²) >= 11 is 0. The van der Waals surface area contributed by atoms with Crippen molar-refractivity contribution >= 4 is 22.8 Å². The van der Waals surface area contributed by atoms with Crippen molar-refractivity contribution in [3.05, 3.63) is 62.9 Å². The Morgan fingerprint density at radius 2 is 2.07 bits per heavy atom. The van der Waals surface area contributed by atoms with Crippen LogP contribution in [-0.4, -0.2) is 31.7 Å². The maximum atomic E-state index is 13.3. The Hall–Kier alpha value is -3.52. The molecule has 8 heteroatoms. The fourth-order valence-corrected chi connectivity index (χ4v) is 4.42. The van der Waals surface area contributed by atoms with Gasteiger partial charge in [0, 0.05) is 16.5 Å². The molecule has 0 spiro atoms. The van der Waals surface area contributed by atoms with Gasteiger partial charge in [0.25, 0.3) is 5.56 Å². The molecule has 0 radical (unpaired) electrons. The lowest BCUT2D eigenvalue weighted by atomic mass is 9.86. The summed E-state index contributed by atoms with van der Waals surface area (Å²) in [6.07, 6.45) is 0.0152. The molecule has 3 aromatic rings. The van der Waals surface area contributed by atoms with Crippen molar-refractivity contribution in [1.82, 2.24) is 9.55 Å². The van der Waals surface area contributed by atoms with E-state index < -0.39 is 29.1 Å². The molecule has 2 N–H and O–H groups in total. The highest BCUT2D eigenvalue weighted by Gasteiger charge is 2.47. The van der Waals surface area contributed by atoms with Crippen LogP contribution in [0, 0.1) is 6.92 Å². The molecule has 4 heterocycles. The first-order valence-electron chi connectivity index (χ1n) is 9.59. The van der Waals surface area contributed by atoms with Gasteiger partial charge in [-0.15, -0.1) is 0 Å². The summed E-state index contributed by atoms with van der Waals surface area (Å²) in [7, 11) is 0. The molecule has 2 atom stereocenters. The van der Waals surface area contributed by atoms with E-state index in [1.165, 1.54) is 10.6 Å². The summed E-state index contributed by atoms with van der Waals surface area (Å²) in [5, 5.41) is 21.6. The number of hydrogen-bond donors (Lipinski definition) is 2. The lowest BCUT2D eigenvalue weighted by Gasteiger charge is -2.32. The van der Waals surface area contributed by atoms with Crippen molar-refractivity contribution in [2.24, 2.45) is 0 Å². The van der Waals surface area contributed by atoms with Crippen molar-refractivity contribution in [2.45, 2.75) is 38.5 Å². The molecule has 0 amide bonds. The summed E-state index contributed by atoms with van der Waals surface area (Å²) in [5.74, 6) is -2.01. The topological polar surface area (TPSA) is 119 Å². The standard InChI is InChI=1S/C22H18N2O6/c1-3-22(29)14-8-16-17-12(7-11-6-10(2)4-5-15(11)23-17)18(20(26)27)24(16)19(25)13(14)9-30-21(22)28/h4-8,18,29H,3,9H2,1-2H3,(H,26,27)/t18?,22-/m0/s1. The predicted molar refractivity (Wildman–Crippen MR) is 106 cm³/mol. The van der Waals surface area contributed by atoms with E-state index in [-0.39, 0.29) is 29.8 Å². The van der Waals surface area contributed by atoms with Gasteiger partial charge in [0.15, 0.2) is 11.6 Å². The number of carbonyl (C=O) groups excluding carboxylic acids is 1. The maximum Gasteiger partial charge on any atom is 0.343 e. The fraction of sp³-hybridized carbons (Fsp3) is 0.273. The molecule has 30 heavy (non-hydrogen) atoms. The third kappa shape index (κ3) is 2.25. The second-order valence-electron chi connectivity index (χ2n) is 7.75. The minimum Gasteiger partial charge on any atom is -0.479 e. The second-order valence-corrected chi connectivity index (χ2v) is 7.75. The molecule has 2 aromatic heterocycles. The third-order valence-electron chi connectivity index (χ3n) is 6.01. The fourth-order valence-electron chi connectivity index (χ4n) is 4.42. The predicted octanol–water partition coefficient (Wildman–Crippen LogP) is 2.01. The monoisotopic (exact) mass is 406 g/mol. The largest absolute Gasteiger partial charge is 0.479 e. The zero-order valence-electron chi connectivity index (χ0n) is 16.3. The maximum absolute atomic E-state index is 13.3. The number of ether oxygens (including phenoxy) is 1. The van der Waals surface area contributed by atoms with Crippen LogP contribution >= 0.6 is 0 Å². The van der Waals surface area contributed by atoms with Crippen LogP contribution in [0.3, 0.4) is 0 Å². The van der Waals surface area contributed by atoms with Gasteiger partial charge in [-0.05, 0) is 37.6 Å². The van der Waals surface area contributed by atoms with E-state index in [1.54, 1.807) is 13.0 Å². The van der Waals surface area contributed by atoms with Gasteiger partial charge in [-0.25, -0.2) is 14.6 Å². The van der Waals surface area contributed by atoms with Crippen LogP contribution < -0.4 is 5.56 Å². The Kier molecular flexibility index (Phi) is 3.70. The van der Waals surface area contributed by atoms with E-state index in [0.717, 1.165) is 10.9 Å². The molecule has 1 unspecified atom stereocenters. The van der Waals surface area contributed by atoms with Gasteiger partial charge in [0.1, 0.15) is 6.61 Å². The Balaban J connectivity index is 1.88. The molecule has 1 aromatic carbocycles. The summed E-state index contributed by atoms with van der Waals surface area (Å²) in [6, 6.07) is 7.63. The van der Waals surface area contributed by atoms with Crippen LogP contribution in [0.15, 0.2) is 35.1 Å². The molecule has 0 saturated heterocycles. The van der Waals surface area contributed by atoms with Crippen LogP contribution in [0.4, 0.5) is 0 Å². The van der Waals surface area contributed by atoms with Gasteiger partial charge in [0.2, 0.25) is 0 Å². The smallest absolute Gasteiger partial charge is 0.343 e. The number of hydrogen-bond acceptors (Lipinski definition) is 6. The number of cyclic esters (lactones) is 1. The molecular weight excluding hydrogens is 388 g/mol. The van der Waals surface area contributed by atoms with E-state index in [2.05, 4.69) is 4.98 Å². The van der Waals surface area contributed by atoms with Crippen molar-refractivity contribution in [2.75, 3.05) is 0 Å². The van der Waals surface area contributed by atoms with Gasteiger partial charge >= 0.3 is 11.9 Å². The highest BCUT2D eigenvalue weighted by molar-refractivity contribution is 5.91. The number of aliphatic hydroxyl groups is 1. The molecule has 0 aliphatic carbocycles. The van der Waals surface area contributed by atoms with E-state index in [1.807, 2.05) is 25.1 Å². The Morgan fingerprint density at radius 3 is 2.77 bits per heavy atom. The lowest BCUT2D eigenvalue weighted by Crippen LogP contribution is -2.45. The Bertz CT molecular complexity index is 1340. The van der Waals surface area contributed by atoms with Crippen molar-refractivity contribution < 1.29 is 24.5 Å². The van der Waals surface area contributed by atoms with Gasteiger partial charge in [-0.3, -0.25) is 9.36 Å². The minimum absolute atomic E-state index is 0.0152. The first-order valence-corrected chi connectivity index (χ1v) is 9.59. The summed E-state index contributed by atoms with van der Waals surface area (Å²) < 4.78 is 6.20. The number of aryl methyl sites for hydroxylation is 1. The number of fused-ring (bicyclic) bond motifs is 5. The third-order valence-corrected chi connectivity index (χ3v) is 6.01. The number of carboxylic acids is 1. The first-order chi connectivity index (χ1) is 14.3. The molecule has 2 aliphatic rings. The van der Waals surface area contributed by atoms with Gasteiger partial charge < -0.3 is 14.9 Å². The molecule has 0 fully saturated rings. The number of aliphatic carboxylic acids is 1. The second kappa shape index (κ2) is 5.99. The van der Waals surface area contributed by atoms with Gasteiger partial charge in [-0.1, -0.05) is 18.6 Å². The Labute approximate surface area is 170 Å². The molecule has 2 aliphatic heterocycles. The molecule has 152 valence electrons. The van der Waals surface area contributed by atoms with Crippen molar-refractivity contribution in [1.29, 1.82) is 0 Å². The minimum atomic E-state index is -1.96. The zero-order valence-corrected chi connectivity index (χ0v) is 16.3. The van der Waals surface area contributed by atoms with E-state index >= 15 is 0 Å². The van der Waals surface area contributed by atoms with Gasteiger partial charge in [0.05, 0.1) is 22.5 Å². The van der Waals surface area contributed by atoms with Crippen LogP contribution in [0.2, 0.25) is 0 Å². The van der Waals surface area contributed by atoms with Crippen molar-refractivity contribution in [3.63, 3.8) is 0 Å². The number of rotatable bonds is 2. The highest BCUT2D eigenvalue weighted by atomic mass is 16.6. The lowest BCUT2D eigenvalue weighted by molar-refractivity contribution is -0.172. The number of nitrogens with zero attached hydrogens (tertiary/aromatic N) is 2. The number of aromatic nitrogens is 2. The Morgan fingerprint density at radius 1 is 1.30 bits per heavy atom. The van der Waals surface area contributed by atoms with Crippen LogP contribution in [0.25, 0.3) is 22.3 Å². The SMILES string of the molecule is CC[C@@]1(O)C(=O)OCc2c1cc1n(c2=O)C(C(=O)O)c2cc3cc(C)ccc3nc2-1. The number of carbonyl (C=O) groups is 2. The van der Waals surface area contributed by atoms with Gasteiger partial charge in [-0.2, -0.15) is 0 Å². The molecule has 5 rings (SSSR count). The molecule has 8 nitrogen and oxygen atoms in total. The quantitative estimate of drug-likeness (QED) is 0.625. The molecule has 0 saturated carbocycles. The first kappa shape index (κ1) is 18.5. The normalized spacial score (nSPS) is 21.7. The van der Waals surface area contributed by atoms with Crippen LogP contribution in [-0.2, 0) is 26.5 Å². The summed E-state index contributed by atoms with van der Waals surface area (Å²) in [4.78, 5) is 42.4. The number of benzene rings is 1. The average Bonchev–Trinajstić information content (AvgIpc) is 3.03. The summed E-state index contributed by atoms with van der Waals surface area (Å²) in [6.45, 7) is 3.23. The molecular formula is C22H18N2O6. The number of esters is 1. The van der Waals surface area contributed by atoms with Crippen LogP contribution in [0.1, 0.15) is 41.6 Å². The zero-order chi connectivity index (χ0) is 21.4. The average molecular weight is 406 g/mol. The summed E-state index contributed by atoms with van der Waals surface area (Å²) in [5.41, 5.74) is 0.358. The number of carboxylic acid groups (broad SMARTS) is 1. The van der Waals surface area contributed by atoms with E-state index in [4.69, 9.17) is 4.74 Å². The van der Waals surface area contributed by atoms with E-state index in [0.29, 0.717) is 16.8 Å². The van der Waals surface area contributed by atoms with Crippen LogP contribution in [0.5, 0.6) is 0 Å². The highest BCUT2D eigenvalue weighted by Crippen LogP contribution is 2.42. The molecule has 0 bridgehead atoms. The number of pyridine rings is 2. The van der Waals surface area contributed by atoms with E-state index in [9.17, 15) is 24.6 Å². The van der Waals surface area contributed by atoms with Crippen molar-refractivity contribution in [3.8, 4) is 11.4 Å².